The van der Waals surface area contributed by atoms with Crippen molar-refractivity contribution in [3.63, 3.8) is 0 Å². The van der Waals surface area contributed by atoms with Gasteiger partial charge in [0.15, 0.2) is 46.0 Å². The smallest absolute Gasteiger partial charge is 0.165 e. The van der Waals surface area contributed by atoms with E-state index in [1.54, 1.807) is 72.8 Å². The van der Waals surface area contributed by atoms with E-state index in [9.17, 15) is 20.4 Å². The SMILES string of the molecule is CCCOc1cccc(C(=C(c2cccc(OCCC)c2O)c2cccc(OCCC)c2O)c2cccc(OCCC)c2O)c1O. The molecular weight excluding hydrogens is 584 g/mol. The Morgan fingerprint density at radius 1 is 0.391 bits per heavy atom. The van der Waals surface area contributed by atoms with E-state index < -0.39 is 0 Å². The van der Waals surface area contributed by atoms with Gasteiger partial charge in [0.25, 0.3) is 0 Å². The lowest BCUT2D eigenvalue weighted by Gasteiger charge is -2.23. The highest BCUT2D eigenvalue weighted by Crippen LogP contribution is 2.51. The van der Waals surface area contributed by atoms with Crippen molar-refractivity contribution in [3.8, 4) is 46.0 Å². The Morgan fingerprint density at radius 3 is 0.804 bits per heavy atom. The van der Waals surface area contributed by atoms with Gasteiger partial charge >= 0.3 is 0 Å². The van der Waals surface area contributed by atoms with Gasteiger partial charge in [-0.05, 0) is 49.9 Å². The van der Waals surface area contributed by atoms with Gasteiger partial charge in [0, 0.05) is 33.4 Å². The summed E-state index contributed by atoms with van der Waals surface area (Å²) in [6.45, 7) is 9.39. The molecule has 8 heteroatoms. The Kier molecular flexibility index (Phi) is 12.1. The molecule has 0 aliphatic rings. The van der Waals surface area contributed by atoms with Gasteiger partial charge in [-0.15, -0.1) is 0 Å². The Balaban J connectivity index is 2.20. The van der Waals surface area contributed by atoms with Crippen LogP contribution in [0.25, 0.3) is 11.1 Å². The van der Waals surface area contributed by atoms with Gasteiger partial charge < -0.3 is 39.4 Å². The normalized spacial score (nSPS) is 10.8. The zero-order chi connectivity index (χ0) is 33.1. The third kappa shape index (κ3) is 7.45. The van der Waals surface area contributed by atoms with Crippen LogP contribution in [0.1, 0.15) is 75.6 Å². The maximum atomic E-state index is 11.7. The molecule has 0 heterocycles. The fourth-order valence-corrected chi connectivity index (χ4v) is 5.04. The second-order valence-corrected chi connectivity index (χ2v) is 10.8. The molecule has 0 bridgehead atoms. The molecule has 0 aliphatic heterocycles. The fraction of sp³-hybridized carbons (Fsp3) is 0.316. The monoisotopic (exact) mass is 628 g/mol. The Hall–Kier alpha value is -4.98. The van der Waals surface area contributed by atoms with Crippen molar-refractivity contribution in [2.24, 2.45) is 0 Å². The van der Waals surface area contributed by atoms with Gasteiger partial charge in [0.2, 0.25) is 0 Å². The van der Waals surface area contributed by atoms with Crippen molar-refractivity contribution in [3.05, 3.63) is 95.1 Å². The van der Waals surface area contributed by atoms with Crippen molar-refractivity contribution in [2.75, 3.05) is 26.4 Å². The van der Waals surface area contributed by atoms with E-state index in [0.29, 0.717) is 59.8 Å². The topological polar surface area (TPSA) is 118 Å². The summed E-state index contributed by atoms with van der Waals surface area (Å²) < 4.78 is 23.5. The fourth-order valence-electron chi connectivity index (χ4n) is 5.04. The highest BCUT2D eigenvalue weighted by molar-refractivity contribution is 6.09. The number of phenolic OH excluding ortho intramolecular Hbond substituents is 4. The second-order valence-electron chi connectivity index (χ2n) is 10.8. The van der Waals surface area contributed by atoms with Crippen LogP contribution in [-0.4, -0.2) is 46.9 Å². The molecule has 0 aliphatic carbocycles. The Morgan fingerprint density at radius 2 is 0.609 bits per heavy atom. The van der Waals surface area contributed by atoms with Crippen molar-refractivity contribution < 1.29 is 39.4 Å². The quantitative estimate of drug-likeness (QED) is 0.0911. The summed E-state index contributed by atoms with van der Waals surface area (Å²) in [4.78, 5) is 0. The summed E-state index contributed by atoms with van der Waals surface area (Å²) >= 11 is 0. The number of phenols is 4. The minimum absolute atomic E-state index is 0.168. The molecule has 0 saturated carbocycles. The summed E-state index contributed by atoms with van der Waals surface area (Å²) in [5.74, 6) is 0.337. The summed E-state index contributed by atoms with van der Waals surface area (Å²) in [6.07, 6.45) is 2.91. The van der Waals surface area contributed by atoms with Crippen molar-refractivity contribution in [1.82, 2.24) is 0 Å². The van der Waals surface area contributed by atoms with Crippen molar-refractivity contribution in [1.29, 1.82) is 0 Å². The maximum absolute atomic E-state index is 11.7. The standard InChI is InChI=1S/C38H44O8/c1-5-21-43-29-17-9-13-25(35(29)39)33(26-14-10-18-30(36(26)40)44-22-6-2)34(27-15-11-19-31(37(27)41)45-23-7-3)28-16-12-20-32(38(28)42)46-24-8-4/h9-20,39-42H,5-8,21-24H2,1-4H3. The van der Waals surface area contributed by atoms with Crippen LogP contribution in [0, 0.1) is 0 Å². The van der Waals surface area contributed by atoms with E-state index >= 15 is 0 Å². The highest BCUT2D eigenvalue weighted by atomic mass is 16.5. The van der Waals surface area contributed by atoms with E-state index in [2.05, 4.69) is 0 Å². The molecule has 0 amide bonds. The number of para-hydroxylation sites is 4. The number of ether oxygens (including phenoxy) is 4. The predicted molar refractivity (Wildman–Crippen MR) is 181 cm³/mol. The zero-order valence-electron chi connectivity index (χ0n) is 27.0. The highest BCUT2D eigenvalue weighted by Gasteiger charge is 2.28. The van der Waals surface area contributed by atoms with E-state index in [-0.39, 0.29) is 46.0 Å². The number of hydrogen-bond donors (Lipinski definition) is 4. The molecule has 4 N–H and O–H groups in total. The first-order chi connectivity index (χ1) is 22.4. The molecule has 0 spiro atoms. The van der Waals surface area contributed by atoms with Gasteiger partial charge in [-0.3, -0.25) is 0 Å². The molecule has 0 atom stereocenters. The van der Waals surface area contributed by atoms with Crippen LogP contribution in [0.5, 0.6) is 46.0 Å². The molecule has 0 fully saturated rings. The largest absolute Gasteiger partial charge is 0.504 e. The predicted octanol–water partition coefficient (Wildman–Crippen LogP) is 8.67. The van der Waals surface area contributed by atoms with Crippen molar-refractivity contribution >= 4 is 11.1 Å². The van der Waals surface area contributed by atoms with Gasteiger partial charge in [0.05, 0.1) is 26.4 Å². The first-order valence-electron chi connectivity index (χ1n) is 15.9. The second kappa shape index (κ2) is 16.4. The van der Waals surface area contributed by atoms with Crippen LogP contribution in [0.3, 0.4) is 0 Å². The average Bonchev–Trinajstić information content (AvgIpc) is 3.06. The zero-order valence-corrected chi connectivity index (χ0v) is 27.0. The minimum Gasteiger partial charge on any atom is -0.504 e. The Labute approximate surface area is 271 Å². The Bertz CT molecular complexity index is 1400. The molecule has 8 nitrogen and oxygen atoms in total. The molecular formula is C38H44O8. The molecule has 0 saturated heterocycles. The van der Waals surface area contributed by atoms with Crippen molar-refractivity contribution in [2.45, 2.75) is 53.4 Å². The van der Waals surface area contributed by atoms with Crippen LogP contribution in [0.15, 0.2) is 72.8 Å². The molecule has 0 unspecified atom stereocenters. The van der Waals surface area contributed by atoms with Gasteiger partial charge in [0.1, 0.15) is 0 Å². The summed E-state index contributed by atoms with van der Waals surface area (Å²) in [6, 6.07) is 20.4. The molecule has 0 aromatic heterocycles. The lowest BCUT2D eigenvalue weighted by Crippen LogP contribution is -2.04. The van der Waals surface area contributed by atoms with Gasteiger partial charge in [-0.2, -0.15) is 0 Å². The molecule has 46 heavy (non-hydrogen) atoms. The van der Waals surface area contributed by atoms with Gasteiger partial charge in [-0.25, -0.2) is 0 Å². The first-order valence-corrected chi connectivity index (χ1v) is 15.9. The van der Waals surface area contributed by atoms with E-state index in [0.717, 1.165) is 25.7 Å². The summed E-state index contributed by atoms with van der Waals surface area (Å²) in [7, 11) is 0. The lowest BCUT2D eigenvalue weighted by molar-refractivity contribution is 0.298. The summed E-state index contributed by atoms with van der Waals surface area (Å²) in [5.41, 5.74) is 1.81. The van der Waals surface area contributed by atoms with Gasteiger partial charge in [-0.1, -0.05) is 76.2 Å². The molecule has 4 aromatic carbocycles. The van der Waals surface area contributed by atoms with Crippen LogP contribution in [0.2, 0.25) is 0 Å². The third-order valence-corrected chi connectivity index (χ3v) is 7.17. The number of hydrogen-bond acceptors (Lipinski definition) is 8. The maximum Gasteiger partial charge on any atom is 0.165 e. The lowest BCUT2D eigenvalue weighted by atomic mass is 9.84. The minimum atomic E-state index is -0.168. The first kappa shape index (κ1) is 33.9. The number of benzene rings is 4. The molecule has 4 rings (SSSR count). The van der Waals surface area contributed by atoms with Crippen LogP contribution in [-0.2, 0) is 0 Å². The molecule has 0 radical (unpaired) electrons. The van der Waals surface area contributed by atoms with Crippen LogP contribution in [0.4, 0.5) is 0 Å². The van der Waals surface area contributed by atoms with E-state index in [1.165, 1.54) is 0 Å². The van der Waals surface area contributed by atoms with E-state index in [4.69, 9.17) is 18.9 Å². The molecule has 4 aromatic rings. The third-order valence-electron chi connectivity index (χ3n) is 7.17. The molecule has 244 valence electrons. The number of aromatic hydroxyl groups is 4. The van der Waals surface area contributed by atoms with E-state index in [1.807, 2.05) is 27.7 Å². The van der Waals surface area contributed by atoms with Crippen LogP contribution >= 0.6 is 0 Å². The average molecular weight is 629 g/mol. The summed E-state index contributed by atoms with van der Waals surface area (Å²) in [5, 5.41) is 46.9. The van der Waals surface area contributed by atoms with Crippen LogP contribution < -0.4 is 18.9 Å². The number of rotatable bonds is 16.